The quantitative estimate of drug-likeness (QED) is 0.573. The fourth-order valence-electron chi connectivity index (χ4n) is 3.24. The summed E-state index contributed by atoms with van der Waals surface area (Å²) in [7, 11) is 1.58. The van der Waals surface area contributed by atoms with Gasteiger partial charge in [0.1, 0.15) is 11.6 Å². The molecular formula is C22H30N2O3. The molecule has 5 heteroatoms. The zero-order valence-electron chi connectivity index (χ0n) is 16.7. The van der Waals surface area contributed by atoms with E-state index in [2.05, 4.69) is 26.1 Å². The first kappa shape index (κ1) is 20.8. The molecule has 1 aliphatic rings. The van der Waals surface area contributed by atoms with Crippen molar-refractivity contribution >= 4 is 12.0 Å². The lowest BCUT2D eigenvalue weighted by Crippen LogP contribution is -2.41. The van der Waals surface area contributed by atoms with Crippen LogP contribution in [0.15, 0.2) is 23.8 Å². The lowest BCUT2D eigenvalue weighted by Gasteiger charge is -2.29. The highest BCUT2D eigenvalue weighted by atomic mass is 16.5. The molecular weight excluding hydrogens is 340 g/mol. The first-order valence-corrected chi connectivity index (χ1v) is 9.68. The SMILES string of the molecule is COc1cc(/C=C(\C#N)C(=O)N[C@@H]2CCCC[C@H]2C)ccc1OCC(C)C. The standard InChI is InChI=1S/C22H30N2O3/c1-15(2)14-27-20-10-9-17(12-21(20)26-4)11-18(13-23)22(25)24-19-8-6-5-7-16(19)3/h9-12,15-16,19H,5-8,14H2,1-4H3,(H,24,25)/b18-11+/t16-,19-/m1/s1. The summed E-state index contributed by atoms with van der Waals surface area (Å²) in [6.45, 7) is 6.90. The molecule has 0 bridgehead atoms. The van der Waals surface area contributed by atoms with Crippen LogP contribution in [0.1, 0.15) is 52.0 Å². The Labute approximate surface area is 162 Å². The number of methoxy groups -OCH3 is 1. The van der Waals surface area contributed by atoms with E-state index in [4.69, 9.17) is 9.47 Å². The molecule has 0 heterocycles. The maximum absolute atomic E-state index is 12.5. The highest BCUT2D eigenvalue weighted by molar-refractivity contribution is 6.01. The van der Waals surface area contributed by atoms with E-state index in [9.17, 15) is 10.1 Å². The smallest absolute Gasteiger partial charge is 0.262 e. The van der Waals surface area contributed by atoms with Gasteiger partial charge in [-0.3, -0.25) is 4.79 Å². The number of benzene rings is 1. The van der Waals surface area contributed by atoms with E-state index in [0.717, 1.165) is 24.8 Å². The molecule has 1 N–H and O–H groups in total. The summed E-state index contributed by atoms with van der Waals surface area (Å²) < 4.78 is 11.1. The Hall–Kier alpha value is -2.48. The molecule has 1 aromatic rings. The van der Waals surface area contributed by atoms with E-state index in [1.807, 2.05) is 18.2 Å². The maximum Gasteiger partial charge on any atom is 0.262 e. The number of nitriles is 1. The van der Waals surface area contributed by atoms with Crippen LogP contribution in [0, 0.1) is 23.2 Å². The molecule has 1 saturated carbocycles. The number of rotatable bonds is 7. The predicted octanol–water partition coefficient (Wildman–Crippen LogP) is 4.33. The van der Waals surface area contributed by atoms with Gasteiger partial charge in [0, 0.05) is 6.04 Å². The van der Waals surface area contributed by atoms with Gasteiger partial charge in [-0.1, -0.05) is 39.7 Å². The molecule has 27 heavy (non-hydrogen) atoms. The zero-order valence-corrected chi connectivity index (χ0v) is 16.7. The van der Waals surface area contributed by atoms with Gasteiger partial charge in [-0.05, 0) is 48.4 Å². The molecule has 2 atom stereocenters. The van der Waals surface area contributed by atoms with Gasteiger partial charge < -0.3 is 14.8 Å². The Morgan fingerprint density at radius 3 is 2.70 bits per heavy atom. The molecule has 0 aromatic heterocycles. The van der Waals surface area contributed by atoms with E-state index in [0.29, 0.717) is 29.9 Å². The van der Waals surface area contributed by atoms with Crippen LogP contribution >= 0.6 is 0 Å². The first-order valence-electron chi connectivity index (χ1n) is 9.68. The Morgan fingerprint density at radius 1 is 1.33 bits per heavy atom. The van der Waals surface area contributed by atoms with Gasteiger partial charge in [0.2, 0.25) is 0 Å². The van der Waals surface area contributed by atoms with Crippen molar-refractivity contribution in [2.75, 3.05) is 13.7 Å². The van der Waals surface area contributed by atoms with E-state index >= 15 is 0 Å². The Bertz CT molecular complexity index is 719. The van der Waals surface area contributed by atoms with Gasteiger partial charge in [-0.15, -0.1) is 0 Å². The zero-order chi connectivity index (χ0) is 19.8. The van der Waals surface area contributed by atoms with Gasteiger partial charge in [0.05, 0.1) is 13.7 Å². The second-order valence-corrected chi connectivity index (χ2v) is 7.63. The molecule has 0 unspecified atom stereocenters. The fourth-order valence-corrected chi connectivity index (χ4v) is 3.24. The van der Waals surface area contributed by atoms with Gasteiger partial charge in [-0.2, -0.15) is 5.26 Å². The van der Waals surface area contributed by atoms with Crippen LogP contribution < -0.4 is 14.8 Å². The molecule has 0 saturated heterocycles. The lowest BCUT2D eigenvalue weighted by atomic mass is 9.86. The second-order valence-electron chi connectivity index (χ2n) is 7.63. The second kappa shape index (κ2) is 10.0. The Balaban J connectivity index is 2.13. The van der Waals surface area contributed by atoms with Crippen LogP contribution in [-0.4, -0.2) is 25.7 Å². The summed E-state index contributed by atoms with van der Waals surface area (Å²) in [5.74, 6) is 1.78. The molecule has 1 aromatic carbocycles. The average molecular weight is 370 g/mol. The molecule has 2 rings (SSSR count). The molecule has 0 radical (unpaired) electrons. The normalized spacial score (nSPS) is 20.1. The molecule has 1 fully saturated rings. The third-order valence-corrected chi connectivity index (χ3v) is 4.86. The monoisotopic (exact) mass is 370 g/mol. The summed E-state index contributed by atoms with van der Waals surface area (Å²) >= 11 is 0. The third kappa shape index (κ3) is 6.02. The highest BCUT2D eigenvalue weighted by Crippen LogP contribution is 2.29. The van der Waals surface area contributed by atoms with Gasteiger partial charge >= 0.3 is 0 Å². The predicted molar refractivity (Wildman–Crippen MR) is 106 cm³/mol. The maximum atomic E-state index is 12.5. The summed E-state index contributed by atoms with van der Waals surface area (Å²) in [5, 5.41) is 12.5. The van der Waals surface area contributed by atoms with Crippen molar-refractivity contribution in [2.45, 2.75) is 52.5 Å². The van der Waals surface area contributed by atoms with Crippen molar-refractivity contribution in [3.8, 4) is 17.6 Å². The third-order valence-electron chi connectivity index (χ3n) is 4.86. The number of carbonyl (C=O) groups is 1. The topological polar surface area (TPSA) is 71.3 Å². The number of nitrogens with zero attached hydrogens (tertiary/aromatic N) is 1. The van der Waals surface area contributed by atoms with Crippen LogP contribution in [0.3, 0.4) is 0 Å². The van der Waals surface area contributed by atoms with E-state index in [1.165, 1.54) is 6.42 Å². The van der Waals surface area contributed by atoms with Crippen molar-refractivity contribution in [2.24, 2.45) is 11.8 Å². The van der Waals surface area contributed by atoms with Crippen molar-refractivity contribution in [3.63, 3.8) is 0 Å². The van der Waals surface area contributed by atoms with Crippen molar-refractivity contribution in [1.82, 2.24) is 5.32 Å². The number of hydrogen-bond acceptors (Lipinski definition) is 4. The molecule has 1 aliphatic carbocycles. The minimum Gasteiger partial charge on any atom is -0.493 e. The van der Waals surface area contributed by atoms with Crippen LogP contribution in [-0.2, 0) is 4.79 Å². The van der Waals surface area contributed by atoms with Crippen molar-refractivity contribution in [3.05, 3.63) is 29.3 Å². The Kier molecular flexibility index (Phi) is 7.72. The minimum absolute atomic E-state index is 0.102. The van der Waals surface area contributed by atoms with Gasteiger partial charge in [0.15, 0.2) is 11.5 Å². The minimum atomic E-state index is -0.310. The summed E-state index contributed by atoms with van der Waals surface area (Å²) in [5.41, 5.74) is 0.831. The van der Waals surface area contributed by atoms with Crippen LogP contribution in [0.5, 0.6) is 11.5 Å². The highest BCUT2D eigenvalue weighted by Gasteiger charge is 2.24. The van der Waals surface area contributed by atoms with E-state index < -0.39 is 0 Å². The fraction of sp³-hybridized carbons (Fsp3) is 0.545. The number of nitrogens with one attached hydrogen (secondary N) is 1. The molecule has 1 amide bonds. The molecule has 146 valence electrons. The van der Waals surface area contributed by atoms with Crippen molar-refractivity contribution < 1.29 is 14.3 Å². The van der Waals surface area contributed by atoms with E-state index in [1.54, 1.807) is 19.3 Å². The summed E-state index contributed by atoms with van der Waals surface area (Å²) in [6.07, 6.45) is 6.01. The number of carbonyl (C=O) groups excluding carboxylic acids is 1. The van der Waals surface area contributed by atoms with E-state index in [-0.39, 0.29) is 17.5 Å². The number of ether oxygens (including phenoxy) is 2. The summed E-state index contributed by atoms with van der Waals surface area (Å²) in [6, 6.07) is 7.58. The molecule has 0 aliphatic heterocycles. The summed E-state index contributed by atoms with van der Waals surface area (Å²) in [4.78, 5) is 12.5. The lowest BCUT2D eigenvalue weighted by molar-refractivity contribution is -0.118. The van der Waals surface area contributed by atoms with Gasteiger partial charge in [-0.25, -0.2) is 0 Å². The van der Waals surface area contributed by atoms with Crippen LogP contribution in [0.2, 0.25) is 0 Å². The average Bonchev–Trinajstić information content (AvgIpc) is 2.66. The number of hydrogen-bond donors (Lipinski definition) is 1. The van der Waals surface area contributed by atoms with Crippen LogP contribution in [0.25, 0.3) is 6.08 Å². The van der Waals surface area contributed by atoms with Gasteiger partial charge in [0.25, 0.3) is 5.91 Å². The Morgan fingerprint density at radius 2 is 2.07 bits per heavy atom. The van der Waals surface area contributed by atoms with Crippen molar-refractivity contribution in [1.29, 1.82) is 5.26 Å². The van der Waals surface area contributed by atoms with Crippen LogP contribution in [0.4, 0.5) is 0 Å². The number of amides is 1. The largest absolute Gasteiger partial charge is 0.493 e. The molecule has 0 spiro atoms. The first-order chi connectivity index (χ1) is 12.9. The molecule has 5 nitrogen and oxygen atoms in total.